The molecule has 2 saturated heterocycles. The smallest absolute Gasteiger partial charge is 0.411 e. The molecule has 2 fully saturated rings. The van der Waals surface area contributed by atoms with Crippen molar-refractivity contribution < 1.29 is 23.9 Å². The fourth-order valence-corrected chi connectivity index (χ4v) is 3.75. The third kappa shape index (κ3) is 4.85. The van der Waals surface area contributed by atoms with Crippen molar-refractivity contribution in [1.29, 1.82) is 0 Å². The van der Waals surface area contributed by atoms with Gasteiger partial charge in [0.15, 0.2) is 0 Å². The lowest BCUT2D eigenvalue weighted by molar-refractivity contribution is -0.142. The van der Waals surface area contributed by atoms with Gasteiger partial charge in [-0.15, -0.1) is 0 Å². The Morgan fingerprint density at radius 1 is 1.19 bits per heavy atom. The van der Waals surface area contributed by atoms with Gasteiger partial charge < -0.3 is 21.1 Å². The molecule has 2 aliphatic rings. The SMILES string of the molecule is CC(C)(C)OC(=O)N1CCCC12CCN([C@@H](CCC(N)=O)C(N)=O)C2=O.S. The van der Waals surface area contributed by atoms with Crippen LogP contribution in [0.2, 0.25) is 0 Å². The van der Waals surface area contributed by atoms with Crippen LogP contribution in [-0.4, -0.2) is 63.9 Å². The molecule has 4 N–H and O–H groups in total. The van der Waals surface area contributed by atoms with Gasteiger partial charge in [0.2, 0.25) is 17.7 Å². The highest BCUT2D eigenvalue weighted by Crippen LogP contribution is 2.40. The van der Waals surface area contributed by atoms with E-state index in [1.165, 1.54) is 9.80 Å². The molecule has 0 aromatic carbocycles. The van der Waals surface area contributed by atoms with Crippen molar-refractivity contribution in [2.45, 2.75) is 70.1 Å². The van der Waals surface area contributed by atoms with Crippen LogP contribution in [0.25, 0.3) is 0 Å². The Balaban J connectivity index is 0.00000364. The zero-order chi connectivity index (χ0) is 19.7. The Kier molecular flexibility index (Phi) is 7.15. The summed E-state index contributed by atoms with van der Waals surface area (Å²) in [5, 5.41) is 0. The number of likely N-dealkylation sites (tertiary alicyclic amines) is 2. The quantitative estimate of drug-likeness (QED) is 0.678. The summed E-state index contributed by atoms with van der Waals surface area (Å²) < 4.78 is 5.44. The van der Waals surface area contributed by atoms with Crippen LogP contribution in [0, 0.1) is 0 Å². The molecule has 0 aromatic heterocycles. The Labute approximate surface area is 166 Å². The molecule has 2 aliphatic heterocycles. The Bertz CT molecular complexity index is 621. The molecule has 27 heavy (non-hydrogen) atoms. The molecule has 0 bridgehead atoms. The van der Waals surface area contributed by atoms with E-state index in [9.17, 15) is 19.2 Å². The lowest BCUT2D eigenvalue weighted by Crippen LogP contribution is -2.56. The van der Waals surface area contributed by atoms with Gasteiger partial charge in [-0.05, 0) is 46.5 Å². The van der Waals surface area contributed by atoms with Gasteiger partial charge in [0.05, 0.1) is 0 Å². The molecule has 0 aromatic rings. The maximum atomic E-state index is 13.2. The van der Waals surface area contributed by atoms with E-state index in [0.29, 0.717) is 32.4 Å². The highest BCUT2D eigenvalue weighted by atomic mass is 32.1. The summed E-state index contributed by atoms with van der Waals surface area (Å²) in [7, 11) is 0. The van der Waals surface area contributed by atoms with E-state index < -0.39 is 35.1 Å². The molecular weight excluding hydrogens is 372 g/mol. The maximum absolute atomic E-state index is 13.2. The van der Waals surface area contributed by atoms with Crippen LogP contribution < -0.4 is 11.5 Å². The molecule has 9 nitrogen and oxygen atoms in total. The number of carbonyl (C=O) groups is 4. The van der Waals surface area contributed by atoms with Crippen molar-refractivity contribution in [2.24, 2.45) is 11.5 Å². The normalized spacial score (nSPS) is 23.3. The van der Waals surface area contributed by atoms with E-state index in [-0.39, 0.29) is 32.2 Å². The molecule has 2 heterocycles. The summed E-state index contributed by atoms with van der Waals surface area (Å²) >= 11 is 0. The molecule has 1 spiro atoms. The van der Waals surface area contributed by atoms with Crippen molar-refractivity contribution >= 4 is 37.3 Å². The van der Waals surface area contributed by atoms with E-state index in [1.807, 2.05) is 0 Å². The Morgan fingerprint density at radius 2 is 1.81 bits per heavy atom. The van der Waals surface area contributed by atoms with Crippen LogP contribution in [0.15, 0.2) is 0 Å². The molecule has 0 radical (unpaired) electrons. The number of hydrogen-bond acceptors (Lipinski definition) is 5. The lowest BCUT2D eigenvalue weighted by atomic mass is 9.94. The number of nitrogens with zero attached hydrogens (tertiary/aromatic N) is 2. The van der Waals surface area contributed by atoms with Crippen molar-refractivity contribution in [3.8, 4) is 0 Å². The first-order chi connectivity index (χ1) is 12.0. The average Bonchev–Trinajstić information content (AvgIpc) is 3.05. The first-order valence-corrected chi connectivity index (χ1v) is 8.87. The van der Waals surface area contributed by atoms with Crippen LogP contribution in [0.1, 0.15) is 52.9 Å². The molecule has 4 amide bonds. The summed E-state index contributed by atoms with van der Waals surface area (Å²) in [5.74, 6) is -1.55. The second kappa shape index (κ2) is 8.37. The summed E-state index contributed by atoms with van der Waals surface area (Å²) in [5.41, 5.74) is 8.92. The van der Waals surface area contributed by atoms with Crippen LogP contribution in [0.4, 0.5) is 4.79 Å². The zero-order valence-corrected chi connectivity index (χ0v) is 17.1. The van der Waals surface area contributed by atoms with E-state index in [0.717, 1.165) is 0 Å². The second-order valence-electron chi connectivity index (χ2n) is 7.94. The van der Waals surface area contributed by atoms with Crippen molar-refractivity contribution in [2.75, 3.05) is 13.1 Å². The molecule has 1 unspecified atom stereocenters. The zero-order valence-electron chi connectivity index (χ0n) is 16.1. The molecule has 0 aliphatic carbocycles. The first kappa shape index (κ1) is 23.1. The Hall–Kier alpha value is -1.97. The van der Waals surface area contributed by atoms with Gasteiger partial charge in [-0.2, -0.15) is 13.5 Å². The fraction of sp³-hybridized carbons (Fsp3) is 0.765. The minimum atomic E-state index is -0.997. The first-order valence-electron chi connectivity index (χ1n) is 8.87. The second-order valence-corrected chi connectivity index (χ2v) is 7.94. The van der Waals surface area contributed by atoms with Crippen LogP contribution in [0.3, 0.4) is 0 Å². The third-order valence-electron chi connectivity index (χ3n) is 4.90. The topological polar surface area (TPSA) is 136 Å². The molecular formula is C17H30N4O5S. The summed E-state index contributed by atoms with van der Waals surface area (Å²) in [6, 6.07) is -0.907. The van der Waals surface area contributed by atoms with E-state index in [1.54, 1.807) is 20.8 Å². The van der Waals surface area contributed by atoms with Gasteiger partial charge in [0, 0.05) is 19.5 Å². The summed E-state index contributed by atoms with van der Waals surface area (Å²) in [6.45, 7) is 6.03. The minimum Gasteiger partial charge on any atom is -0.444 e. The van der Waals surface area contributed by atoms with Gasteiger partial charge >= 0.3 is 6.09 Å². The van der Waals surface area contributed by atoms with Crippen LogP contribution in [0.5, 0.6) is 0 Å². The molecule has 10 heteroatoms. The van der Waals surface area contributed by atoms with Crippen molar-refractivity contribution in [1.82, 2.24) is 9.80 Å². The molecule has 0 saturated carbocycles. The number of hydrogen-bond donors (Lipinski definition) is 2. The lowest BCUT2D eigenvalue weighted by Gasteiger charge is -2.35. The summed E-state index contributed by atoms with van der Waals surface area (Å²) in [4.78, 5) is 51.5. The average molecular weight is 403 g/mol. The number of primary amides is 2. The predicted molar refractivity (Wildman–Crippen MR) is 103 cm³/mol. The fourth-order valence-electron chi connectivity index (χ4n) is 3.75. The van der Waals surface area contributed by atoms with Crippen LogP contribution in [-0.2, 0) is 19.1 Å². The molecule has 2 atom stereocenters. The minimum absolute atomic E-state index is 0. The van der Waals surface area contributed by atoms with E-state index >= 15 is 0 Å². The Morgan fingerprint density at radius 3 is 2.33 bits per heavy atom. The van der Waals surface area contributed by atoms with Crippen LogP contribution >= 0.6 is 13.5 Å². The maximum Gasteiger partial charge on any atom is 0.411 e. The highest BCUT2D eigenvalue weighted by molar-refractivity contribution is 7.59. The van der Waals surface area contributed by atoms with E-state index in [2.05, 4.69) is 0 Å². The number of carbonyl (C=O) groups excluding carboxylic acids is 4. The molecule has 2 rings (SSSR count). The van der Waals surface area contributed by atoms with E-state index in [4.69, 9.17) is 16.2 Å². The summed E-state index contributed by atoms with van der Waals surface area (Å²) in [6.07, 6.45) is 1.12. The largest absolute Gasteiger partial charge is 0.444 e. The van der Waals surface area contributed by atoms with Gasteiger partial charge in [-0.25, -0.2) is 4.79 Å². The standard InChI is InChI=1S/C17H28N4O5.H2S/c1-16(2,3)26-15(25)21-9-4-7-17(21)8-10-20(14(17)24)11(13(19)23)5-6-12(18)22;/h11H,4-10H2,1-3H3,(H2,18,22)(H2,19,23);1H2/t11-,17?;/m0./s1. The predicted octanol–water partition coefficient (Wildman–Crippen LogP) is 0.221. The monoisotopic (exact) mass is 402 g/mol. The van der Waals surface area contributed by atoms with Gasteiger partial charge in [0.1, 0.15) is 17.2 Å². The number of amides is 4. The highest BCUT2D eigenvalue weighted by Gasteiger charge is 2.57. The number of ether oxygens (including phenoxy) is 1. The number of nitrogens with two attached hydrogens (primary N) is 2. The third-order valence-corrected chi connectivity index (χ3v) is 4.90. The van der Waals surface area contributed by atoms with Gasteiger partial charge in [-0.1, -0.05) is 0 Å². The van der Waals surface area contributed by atoms with Crippen molar-refractivity contribution in [3.05, 3.63) is 0 Å². The van der Waals surface area contributed by atoms with Gasteiger partial charge in [0.25, 0.3) is 0 Å². The number of rotatable bonds is 5. The van der Waals surface area contributed by atoms with Crippen molar-refractivity contribution in [3.63, 3.8) is 0 Å². The van der Waals surface area contributed by atoms with Gasteiger partial charge in [-0.3, -0.25) is 19.3 Å². The molecule has 154 valence electrons.